The quantitative estimate of drug-likeness (QED) is 0.725. The topological polar surface area (TPSA) is 59.5 Å². The Balaban J connectivity index is 1.75. The van der Waals surface area contributed by atoms with Crippen LogP contribution in [0.4, 0.5) is 4.39 Å². The van der Waals surface area contributed by atoms with Gasteiger partial charge < -0.3 is 9.64 Å². The van der Waals surface area contributed by atoms with Crippen molar-refractivity contribution in [3.05, 3.63) is 47.9 Å². The summed E-state index contributed by atoms with van der Waals surface area (Å²) in [6.45, 7) is 5.14. The van der Waals surface area contributed by atoms with E-state index < -0.39 is 5.82 Å². The second-order valence-electron chi connectivity index (χ2n) is 7.90. The lowest BCUT2D eigenvalue weighted by atomic mass is 9.89. The number of carbonyl (C=O) groups is 2. The van der Waals surface area contributed by atoms with Crippen LogP contribution in [-0.4, -0.2) is 41.8 Å². The van der Waals surface area contributed by atoms with Gasteiger partial charge in [0.15, 0.2) is 0 Å². The van der Waals surface area contributed by atoms with Crippen LogP contribution in [0.15, 0.2) is 36.5 Å². The number of carbonyl (C=O) groups excluding carboxylic acids is 2. The number of ether oxygens (including phenoxy) is 1. The Morgan fingerprint density at radius 3 is 2.72 bits per heavy atom. The average molecular weight is 398 g/mol. The highest BCUT2D eigenvalue weighted by Crippen LogP contribution is 2.31. The van der Waals surface area contributed by atoms with Crippen LogP contribution in [0.25, 0.3) is 11.3 Å². The summed E-state index contributed by atoms with van der Waals surface area (Å²) in [4.78, 5) is 31.3. The minimum Gasteiger partial charge on any atom is -0.496 e. The molecule has 0 radical (unpaired) electrons. The highest BCUT2D eigenvalue weighted by atomic mass is 19.1. The Morgan fingerprint density at radius 1 is 1.28 bits per heavy atom. The van der Waals surface area contributed by atoms with Gasteiger partial charge in [0.25, 0.3) is 5.91 Å². The van der Waals surface area contributed by atoms with Crippen molar-refractivity contribution >= 4 is 11.7 Å². The summed E-state index contributed by atoms with van der Waals surface area (Å²) >= 11 is 0. The minimum atomic E-state index is -0.432. The van der Waals surface area contributed by atoms with Gasteiger partial charge in [-0.05, 0) is 43.0 Å². The molecule has 1 fully saturated rings. The number of Topliss-reactive ketones (excluding diaryl/α,β-unsaturated/α-hetero) is 1. The third kappa shape index (κ3) is 4.81. The first-order valence-corrected chi connectivity index (χ1v) is 10.0. The molecule has 0 saturated carbocycles. The molecule has 0 N–H and O–H groups in total. The van der Waals surface area contributed by atoms with E-state index in [0.717, 1.165) is 12.8 Å². The Bertz CT molecular complexity index is 880. The number of likely N-dealkylation sites (tertiary alicyclic amines) is 1. The standard InChI is InChI=1S/C23H27FN2O3/c1-15(2)12-20(27)17-6-5-11-26(14-17)23(28)16-9-10-19(25-13-16)22-18(24)7-4-8-21(22)29-3/h4,7-10,13,15,17H,5-6,11-12,14H2,1-3H3. The lowest BCUT2D eigenvalue weighted by molar-refractivity contribution is -0.124. The molecule has 1 aliphatic rings. The van der Waals surface area contributed by atoms with Crippen LogP contribution in [-0.2, 0) is 4.79 Å². The maximum Gasteiger partial charge on any atom is 0.255 e. The van der Waals surface area contributed by atoms with Gasteiger partial charge in [-0.15, -0.1) is 0 Å². The Kier molecular flexibility index (Phi) is 6.62. The smallest absolute Gasteiger partial charge is 0.255 e. The fourth-order valence-electron chi connectivity index (χ4n) is 3.77. The van der Waals surface area contributed by atoms with Crippen molar-refractivity contribution in [2.75, 3.05) is 20.2 Å². The third-order valence-electron chi connectivity index (χ3n) is 5.24. The summed E-state index contributed by atoms with van der Waals surface area (Å²) in [5.41, 5.74) is 1.10. The van der Waals surface area contributed by atoms with E-state index in [9.17, 15) is 14.0 Å². The molecule has 0 aliphatic carbocycles. The monoisotopic (exact) mass is 398 g/mol. The molecule has 6 heteroatoms. The predicted octanol–water partition coefficient (Wildman–Crippen LogP) is 4.36. The van der Waals surface area contributed by atoms with E-state index in [2.05, 4.69) is 4.98 Å². The van der Waals surface area contributed by atoms with E-state index >= 15 is 0 Å². The van der Waals surface area contributed by atoms with Crippen molar-refractivity contribution in [3.8, 4) is 17.0 Å². The van der Waals surface area contributed by atoms with E-state index in [1.54, 1.807) is 29.2 Å². The number of ketones is 1. The zero-order chi connectivity index (χ0) is 21.0. The molecule has 2 heterocycles. The molecule has 0 bridgehead atoms. The molecular weight excluding hydrogens is 371 g/mol. The lowest BCUT2D eigenvalue weighted by Crippen LogP contribution is -2.42. The van der Waals surface area contributed by atoms with Crippen LogP contribution >= 0.6 is 0 Å². The minimum absolute atomic E-state index is 0.0926. The molecule has 29 heavy (non-hydrogen) atoms. The fraction of sp³-hybridized carbons (Fsp3) is 0.435. The summed E-state index contributed by atoms with van der Waals surface area (Å²) in [7, 11) is 1.48. The van der Waals surface area contributed by atoms with Crippen LogP contribution in [0.1, 0.15) is 43.5 Å². The zero-order valence-corrected chi connectivity index (χ0v) is 17.2. The number of nitrogens with zero attached hydrogens (tertiary/aromatic N) is 2. The molecular formula is C23H27FN2O3. The fourth-order valence-corrected chi connectivity index (χ4v) is 3.77. The highest BCUT2D eigenvalue weighted by Gasteiger charge is 2.29. The van der Waals surface area contributed by atoms with Gasteiger partial charge in [0, 0.05) is 31.6 Å². The summed E-state index contributed by atoms with van der Waals surface area (Å²) in [6, 6.07) is 7.86. The number of amides is 1. The highest BCUT2D eigenvalue weighted by molar-refractivity contribution is 5.95. The molecule has 154 valence electrons. The van der Waals surface area contributed by atoms with Crippen molar-refractivity contribution in [2.45, 2.75) is 33.1 Å². The van der Waals surface area contributed by atoms with E-state index in [4.69, 9.17) is 4.74 Å². The maximum absolute atomic E-state index is 14.3. The van der Waals surface area contributed by atoms with Gasteiger partial charge in [0.1, 0.15) is 17.3 Å². The Hall–Kier alpha value is -2.76. The van der Waals surface area contributed by atoms with Gasteiger partial charge in [-0.2, -0.15) is 0 Å². The second-order valence-corrected chi connectivity index (χ2v) is 7.90. The number of hydrogen-bond donors (Lipinski definition) is 0. The van der Waals surface area contributed by atoms with Gasteiger partial charge in [-0.1, -0.05) is 19.9 Å². The normalized spacial score (nSPS) is 16.7. The molecule has 1 aliphatic heterocycles. The summed E-state index contributed by atoms with van der Waals surface area (Å²) in [6.07, 6.45) is 3.66. The molecule has 5 nitrogen and oxygen atoms in total. The number of hydrogen-bond acceptors (Lipinski definition) is 4. The third-order valence-corrected chi connectivity index (χ3v) is 5.24. The van der Waals surface area contributed by atoms with Crippen molar-refractivity contribution in [2.24, 2.45) is 11.8 Å². The molecule has 1 saturated heterocycles. The van der Waals surface area contributed by atoms with Crippen LogP contribution in [0.3, 0.4) is 0 Å². The number of halogens is 1. The molecule has 1 unspecified atom stereocenters. The first-order chi connectivity index (χ1) is 13.9. The van der Waals surface area contributed by atoms with E-state index in [1.165, 1.54) is 19.4 Å². The molecule has 3 rings (SSSR count). The van der Waals surface area contributed by atoms with Gasteiger partial charge in [0.05, 0.1) is 23.9 Å². The number of aromatic nitrogens is 1. The molecule has 1 aromatic carbocycles. The predicted molar refractivity (Wildman–Crippen MR) is 109 cm³/mol. The number of piperidine rings is 1. The van der Waals surface area contributed by atoms with Crippen molar-refractivity contribution in [1.29, 1.82) is 0 Å². The summed E-state index contributed by atoms with van der Waals surface area (Å²) < 4.78 is 19.5. The van der Waals surface area contributed by atoms with Crippen molar-refractivity contribution in [1.82, 2.24) is 9.88 Å². The molecule has 1 atom stereocenters. The number of benzene rings is 1. The number of rotatable bonds is 6. The molecule has 1 aromatic heterocycles. The van der Waals surface area contributed by atoms with Crippen molar-refractivity contribution in [3.63, 3.8) is 0 Å². The van der Waals surface area contributed by atoms with Crippen LogP contribution < -0.4 is 4.74 Å². The first-order valence-electron chi connectivity index (χ1n) is 10.0. The maximum atomic E-state index is 14.3. The van der Waals surface area contributed by atoms with Gasteiger partial charge in [-0.3, -0.25) is 14.6 Å². The van der Waals surface area contributed by atoms with E-state index in [1.807, 2.05) is 13.8 Å². The van der Waals surface area contributed by atoms with Crippen LogP contribution in [0.5, 0.6) is 5.75 Å². The molecule has 0 spiro atoms. The van der Waals surface area contributed by atoms with Crippen LogP contribution in [0.2, 0.25) is 0 Å². The number of pyridine rings is 1. The largest absolute Gasteiger partial charge is 0.496 e. The second kappa shape index (κ2) is 9.16. The van der Waals surface area contributed by atoms with E-state index in [-0.39, 0.29) is 23.2 Å². The van der Waals surface area contributed by atoms with Gasteiger partial charge in [-0.25, -0.2) is 4.39 Å². The average Bonchev–Trinajstić information content (AvgIpc) is 2.72. The molecule has 1 amide bonds. The SMILES string of the molecule is COc1cccc(F)c1-c1ccc(C(=O)N2CCCC(C(=O)CC(C)C)C2)cn1. The first kappa shape index (κ1) is 21.0. The van der Waals surface area contributed by atoms with Crippen LogP contribution in [0, 0.1) is 17.7 Å². The van der Waals surface area contributed by atoms with Crippen molar-refractivity contribution < 1.29 is 18.7 Å². The van der Waals surface area contributed by atoms with Gasteiger partial charge in [0.2, 0.25) is 0 Å². The summed E-state index contributed by atoms with van der Waals surface area (Å²) in [5, 5.41) is 0. The van der Waals surface area contributed by atoms with E-state index in [0.29, 0.717) is 42.4 Å². The summed E-state index contributed by atoms with van der Waals surface area (Å²) in [5.74, 6) is 0.271. The van der Waals surface area contributed by atoms with Gasteiger partial charge >= 0.3 is 0 Å². The number of methoxy groups -OCH3 is 1. The Morgan fingerprint density at radius 2 is 2.07 bits per heavy atom. The zero-order valence-electron chi connectivity index (χ0n) is 17.2. The molecule has 2 aromatic rings. The lowest BCUT2D eigenvalue weighted by Gasteiger charge is -2.32. The Labute approximate surface area is 170 Å².